The molecule has 0 N–H and O–H groups in total. The highest BCUT2D eigenvalue weighted by Crippen LogP contribution is 2.46. The van der Waals surface area contributed by atoms with Crippen molar-refractivity contribution >= 4 is 11.3 Å². The molecule has 3 heterocycles. The van der Waals surface area contributed by atoms with Crippen LogP contribution in [0.2, 0.25) is 0 Å². The van der Waals surface area contributed by atoms with Gasteiger partial charge in [0.2, 0.25) is 0 Å². The number of benzene rings is 2. The highest BCUT2D eigenvalue weighted by Gasteiger charge is 2.41. The van der Waals surface area contributed by atoms with Crippen molar-refractivity contribution in [2.45, 2.75) is 20.0 Å². The van der Waals surface area contributed by atoms with E-state index in [1.807, 2.05) is 0 Å². The zero-order valence-electron chi connectivity index (χ0n) is 18.0. The van der Waals surface area contributed by atoms with Crippen LogP contribution >= 0.6 is 11.3 Å². The third-order valence-electron chi connectivity index (χ3n) is 5.49. The van der Waals surface area contributed by atoms with Crippen molar-refractivity contribution in [3.8, 4) is 39.4 Å². The zero-order valence-corrected chi connectivity index (χ0v) is 18.8. The molecule has 4 nitrogen and oxygen atoms in total. The second-order valence-corrected chi connectivity index (χ2v) is 8.61. The summed E-state index contributed by atoms with van der Waals surface area (Å²) in [5.74, 6) is -0.662. The predicted molar refractivity (Wildman–Crippen MR) is 122 cm³/mol. The Morgan fingerprint density at radius 1 is 1.00 bits per heavy atom. The molecule has 0 unspecified atom stereocenters. The Morgan fingerprint density at radius 2 is 1.79 bits per heavy atom. The van der Waals surface area contributed by atoms with Gasteiger partial charge in [-0.05, 0) is 65.6 Å². The molecule has 0 radical (unpaired) electrons. The van der Waals surface area contributed by atoms with Crippen molar-refractivity contribution in [1.29, 1.82) is 0 Å². The number of hydrogen-bond donors (Lipinski definition) is 0. The molecule has 0 atom stereocenters. The minimum absolute atomic E-state index is 0.123. The maximum absolute atomic E-state index is 14.8. The second-order valence-electron chi connectivity index (χ2n) is 7.83. The quantitative estimate of drug-likeness (QED) is 0.246. The molecule has 0 aliphatic heterocycles. The normalized spacial score (nSPS) is 11.8. The Bertz CT molecular complexity index is 1460. The first kappa shape index (κ1) is 22.1. The fourth-order valence-corrected chi connectivity index (χ4v) is 4.64. The van der Waals surface area contributed by atoms with Gasteiger partial charge in [-0.2, -0.15) is 29.6 Å². The predicted octanol–water partition coefficient (Wildman–Crippen LogP) is 7.70. The molecule has 0 aliphatic carbocycles. The molecule has 0 saturated heterocycles. The van der Waals surface area contributed by atoms with Gasteiger partial charge < -0.3 is 4.52 Å². The fraction of sp³-hybridized carbons (Fsp3) is 0.120. The lowest BCUT2D eigenvalue weighted by Gasteiger charge is -2.13. The van der Waals surface area contributed by atoms with Crippen LogP contribution in [-0.2, 0) is 6.18 Å². The summed E-state index contributed by atoms with van der Waals surface area (Å²) in [7, 11) is 0. The standard InChI is InChI=1S/C25H17F4N3OS/c1-14-5-3-7-17(11-14)32-24(25(27,28)29)18(12-30-32)23-21(16-9-10-34-13-16)22(31-33-23)20-15(2)6-4-8-19(20)26/h3-13H,1-2H3. The lowest BCUT2D eigenvalue weighted by atomic mass is 9.95. The Kier molecular flexibility index (Phi) is 5.36. The summed E-state index contributed by atoms with van der Waals surface area (Å²) in [4.78, 5) is 0. The van der Waals surface area contributed by atoms with E-state index in [1.54, 1.807) is 67.1 Å². The van der Waals surface area contributed by atoms with E-state index in [0.29, 0.717) is 11.1 Å². The van der Waals surface area contributed by atoms with Crippen LogP contribution in [0.4, 0.5) is 17.6 Å². The van der Waals surface area contributed by atoms with Gasteiger partial charge in [-0.1, -0.05) is 29.4 Å². The van der Waals surface area contributed by atoms with Crippen LogP contribution in [0.1, 0.15) is 16.8 Å². The lowest BCUT2D eigenvalue weighted by molar-refractivity contribution is -0.142. The maximum atomic E-state index is 14.8. The van der Waals surface area contributed by atoms with Crippen LogP contribution in [-0.4, -0.2) is 14.9 Å². The molecule has 0 amide bonds. The number of halogens is 4. The van der Waals surface area contributed by atoms with Gasteiger partial charge in [0, 0.05) is 5.56 Å². The molecule has 0 saturated carbocycles. The molecule has 0 aliphatic rings. The Labute approximate surface area is 196 Å². The summed E-state index contributed by atoms with van der Waals surface area (Å²) in [5.41, 5.74) is 1.55. The fourth-order valence-electron chi connectivity index (χ4n) is 3.99. The van der Waals surface area contributed by atoms with Crippen LogP contribution in [0.3, 0.4) is 0 Å². The average molecular weight is 483 g/mol. The van der Waals surface area contributed by atoms with E-state index in [-0.39, 0.29) is 33.8 Å². The first-order chi connectivity index (χ1) is 16.3. The highest BCUT2D eigenvalue weighted by molar-refractivity contribution is 7.08. The number of aromatic nitrogens is 3. The Balaban J connectivity index is 1.80. The van der Waals surface area contributed by atoms with E-state index in [1.165, 1.54) is 17.4 Å². The number of rotatable bonds is 4. The van der Waals surface area contributed by atoms with E-state index in [4.69, 9.17) is 4.52 Å². The summed E-state index contributed by atoms with van der Waals surface area (Å²) >= 11 is 1.36. The van der Waals surface area contributed by atoms with Gasteiger partial charge in [-0.15, -0.1) is 0 Å². The van der Waals surface area contributed by atoms with E-state index < -0.39 is 17.7 Å². The van der Waals surface area contributed by atoms with Crippen molar-refractivity contribution in [3.63, 3.8) is 0 Å². The molecular weight excluding hydrogens is 466 g/mol. The van der Waals surface area contributed by atoms with Gasteiger partial charge in [-0.3, -0.25) is 0 Å². The van der Waals surface area contributed by atoms with Crippen LogP contribution in [0, 0.1) is 19.7 Å². The monoisotopic (exact) mass is 483 g/mol. The average Bonchev–Trinajstić information content (AvgIpc) is 3.52. The van der Waals surface area contributed by atoms with Crippen LogP contribution in [0.5, 0.6) is 0 Å². The number of hydrogen-bond acceptors (Lipinski definition) is 4. The summed E-state index contributed by atoms with van der Waals surface area (Å²) < 4.78 is 64.3. The Hall–Kier alpha value is -3.72. The number of alkyl halides is 3. The minimum Gasteiger partial charge on any atom is -0.355 e. The van der Waals surface area contributed by atoms with Crippen molar-refractivity contribution < 1.29 is 22.1 Å². The summed E-state index contributed by atoms with van der Waals surface area (Å²) in [6, 6.07) is 12.9. The summed E-state index contributed by atoms with van der Waals surface area (Å²) in [5, 5.41) is 11.6. The zero-order chi connectivity index (χ0) is 24.0. The highest BCUT2D eigenvalue weighted by atomic mass is 32.1. The van der Waals surface area contributed by atoms with Crippen molar-refractivity contribution in [3.05, 3.63) is 88.1 Å². The largest absolute Gasteiger partial charge is 0.434 e. The van der Waals surface area contributed by atoms with Crippen LogP contribution in [0.15, 0.2) is 70.0 Å². The molecule has 0 bridgehead atoms. The first-order valence-electron chi connectivity index (χ1n) is 10.3. The summed E-state index contributed by atoms with van der Waals surface area (Å²) in [6.07, 6.45) is -3.64. The maximum Gasteiger partial charge on any atom is 0.434 e. The first-order valence-corrected chi connectivity index (χ1v) is 11.2. The molecule has 3 aromatic heterocycles. The molecular formula is C25H17F4N3OS. The van der Waals surface area contributed by atoms with Crippen LogP contribution in [0.25, 0.3) is 39.4 Å². The van der Waals surface area contributed by atoms with Gasteiger partial charge in [0.15, 0.2) is 11.5 Å². The van der Waals surface area contributed by atoms with Crippen LogP contribution < -0.4 is 0 Å². The number of aryl methyl sites for hydroxylation is 2. The number of nitrogens with zero attached hydrogens (tertiary/aromatic N) is 3. The van der Waals surface area contributed by atoms with Gasteiger partial charge in [0.1, 0.15) is 11.5 Å². The molecule has 0 spiro atoms. The van der Waals surface area contributed by atoms with Gasteiger partial charge in [0.05, 0.1) is 23.0 Å². The summed E-state index contributed by atoms with van der Waals surface area (Å²) in [6.45, 7) is 3.50. The van der Waals surface area contributed by atoms with Crippen molar-refractivity contribution in [2.75, 3.05) is 0 Å². The van der Waals surface area contributed by atoms with Crippen molar-refractivity contribution in [1.82, 2.24) is 14.9 Å². The van der Waals surface area contributed by atoms with E-state index in [9.17, 15) is 17.6 Å². The smallest absolute Gasteiger partial charge is 0.355 e. The van der Waals surface area contributed by atoms with Crippen molar-refractivity contribution in [2.24, 2.45) is 0 Å². The lowest BCUT2D eigenvalue weighted by Crippen LogP contribution is -2.14. The van der Waals surface area contributed by atoms with Gasteiger partial charge in [-0.25, -0.2) is 9.07 Å². The van der Waals surface area contributed by atoms with E-state index in [0.717, 1.165) is 16.4 Å². The molecule has 5 aromatic rings. The minimum atomic E-state index is -4.75. The third kappa shape index (κ3) is 3.71. The van der Waals surface area contributed by atoms with E-state index in [2.05, 4.69) is 10.3 Å². The third-order valence-corrected chi connectivity index (χ3v) is 6.17. The van der Waals surface area contributed by atoms with Gasteiger partial charge >= 0.3 is 6.18 Å². The molecule has 9 heteroatoms. The molecule has 0 fully saturated rings. The molecule has 2 aromatic carbocycles. The van der Waals surface area contributed by atoms with Gasteiger partial charge in [0.25, 0.3) is 0 Å². The second kappa shape index (κ2) is 8.25. The molecule has 172 valence electrons. The Morgan fingerprint density at radius 3 is 2.47 bits per heavy atom. The molecule has 34 heavy (non-hydrogen) atoms. The van der Waals surface area contributed by atoms with E-state index >= 15 is 0 Å². The molecule has 5 rings (SSSR count). The SMILES string of the molecule is Cc1cccc(-n2ncc(-c3onc(-c4c(C)cccc4F)c3-c3ccsc3)c2C(F)(F)F)c1. The number of thiophene rings is 1. The topological polar surface area (TPSA) is 43.9 Å².